The number of halogens is 1. The molecule has 7 N–H and O–H groups in total. The first-order chi connectivity index (χ1) is 6.90. The van der Waals surface area contributed by atoms with Crippen molar-refractivity contribution in [2.45, 2.75) is 12.2 Å². The van der Waals surface area contributed by atoms with Crippen LogP contribution in [0.1, 0.15) is 0 Å². The summed E-state index contributed by atoms with van der Waals surface area (Å²) in [5, 5.41) is 24.6. The van der Waals surface area contributed by atoms with E-state index in [1.165, 1.54) is 7.11 Å². The predicted molar refractivity (Wildman–Crippen MR) is 57.0 cm³/mol. The molecule has 0 aliphatic rings. The van der Waals surface area contributed by atoms with Crippen molar-refractivity contribution in [3.8, 4) is 0 Å². The Bertz CT molecular complexity index is 203. The van der Waals surface area contributed by atoms with Crippen LogP contribution >= 0.6 is 12.4 Å². The monoisotopic (exact) mass is 260 g/mol. The fourth-order valence-electron chi connectivity index (χ4n) is 0.333. The molecule has 98 valence electrons. The van der Waals surface area contributed by atoms with Gasteiger partial charge < -0.3 is 31.5 Å². The largest absolute Gasteiger partial charge is 0.479 e. The fraction of sp³-hybridized carbons (Fsp3) is 0.714. The molecule has 0 heterocycles. The highest BCUT2D eigenvalue weighted by Crippen LogP contribution is 1.80. The summed E-state index contributed by atoms with van der Waals surface area (Å²) in [4.78, 5) is 19.8. The molecule has 2 atom stereocenters. The Hall–Kier alpha value is -0.930. The highest BCUT2D eigenvalue weighted by molar-refractivity contribution is 5.85. The number of aliphatic carboxylic acids is 1. The molecule has 0 aromatic carbocycles. The van der Waals surface area contributed by atoms with Gasteiger partial charge in [-0.2, -0.15) is 0 Å². The summed E-state index contributed by atoms with van der Waals surface area (Å²) in [6.45, 7) is -0.317. The average Bonchev–Trinajstić information content (AvgIpc) is 2.26. The van der Waals surface area contributed by atoms with Gasteiger partial charge in [0.1, 0.15) is 0 Å². The number of aliphatic hydroxyl groups is 2. The van der Waals surface area contributed by atoms with Crippen molar-refractivity contribution in [2.24, 2.45) is 11.5 Å². The van der Waals surface area contributed by atoms with Crippen molar-refractivity contribution >= 4 is 24.3 Å². The zero-order valence-electron chi connectivity index (χ0n) is 8.70. The SMILES string of the molecule is COC(=O)[C@@H](O)CN.Cl.NC[C@H](O)C(=O)O. The van der Waals surface area contributed by atoms with Crippen LogP contribution in [0.3, 0.4) is 0 Å². The molecule has 0 saturated heterocycles. The van der Waals surface area contributed by atoms with Gasteiger partial charge in [0, 0.05) is 13.1 Å². The molecule has 0 aliphatic heterocycles. The maximum Gasteiger partial charge on any atom is 0.336 e. The molecule has 0 fully saturated rings. The van der Waals surface area contributed by atoms with Gasteiger partial charge in [0.15, 0.2) is 12.2 Å². The minimum atomic E-state index is -1.40. The number of ether oxygens (including phenoxy) is 1. The first-order valence-corrected chi connectivity index (χ1v) is 3.97. The van der Waals surface area contributed by atoms with E-state index >= 15 is 0 Å². The van der Waals surface area contributed by atoms with Crippen molar-refractivity contribution in [3.63, 3.8) is 0 Å². The second-order valence-electron chi connectivity index (χ2n) is 2.36. The number of carboxylic acids is 1. The third-order valence-electron chi connectivity index (χ3n) is 1.20. The quantitative estimate of drug-likeness (QED) is 0.342. The van der Waals surface area contributed by atoms with Crippen LogP contribution in [-0.4, -0.2) is 59.7 Å². The number of aliphatic hydroxyl groups excluding tert-OH is 2. The first-order valence-electron chi connectivity index (χ1n) is 3.97. The maximum atomic E-state index is 10.2. The lowest BCUT2D eigenvalue weighted by atomic mass is 10.4. The molecular formula is C7H17ClN2O6. The lowest BCUT2D eigenvalue weighted by Gasteiger charge is -2.02. The number of esters is 1. The Morgan fingerprint density at radius 2 is 1.56 bits per heavy atom. The van der Waals surface area contributed by atoms with Crippen molar-refractivity contribution in [1.82, 2.24) is 0 Å². The molecule has 0 unspecified atom stereocenters. The molecule has 0 spiro atoms. The van der Waals surface area contributed by atoms with Crippen molar-refractivity contribution < 1.29 is 29.6 Å². The molecule has 0 aromatic rings. The Labute approximate surface area is 98.6 Å². The molecule has 0 bridgehead atoms. The van der Waals surface area contributed by atoms with Crippen molar-refractivity contribution in [1.29, 1.82) is 0 Å². The fourth-order valence-corrected chi connectivity index (χ4v) is 0.333. The maximum absolute atomic E-state index is 10.2. The van der Waals surface area contributed by atoms with Gasteiger partial charge >= 0.3 is 11.9 Å². The zero-order chi connectivity index (χ0) is 12.4. The number of methoxy groups -OCH3 is 1. The van der Waals surface area contributed by atoms with Gasteiger partial charge in [-0.15, -0.1) is 12.4 Å². The smallest absolute Gasteiger partial charge is 0.336 e. The van der Waals surface area contributed by atoms with Crippen LogP contribution in [0.25, 0.3) is 0 Å². The Morgan fingerprint density at radius 3 is 1.62 bits per heavy atom. The minimum Gasteiger partial charge on any atom is -0.479 e. The van der Waals surface area contributed by atoms with Gasteiger partial charge in [0.25, 0.3) is 0 Å². The molecule has 16 heavy (non-hydrogen) atoms. The number of carbonyl (C=O) groups is 2. The number of nitrogens with two attached hydrogens (primary N) is 2. The van der Waals surface area contributed by atoms with Crippen LogP contribution < -0.4 is 11.5 Å². The first kappa shape index (κ1) is 20.5. The van der Waals surface area contributed by atoms with Crippen molar-refractivity contribution in [3.05, 3.63) is 0 Å². The molecular weight excluding hydrogens is 244 g/mol. The predicted octanol–water partition coefficient (Wildman–Crippen LogP) is -2.71. The van der Waals surface area contributed by atoms with Gasteiger partial charge in [-0.1, -0.05) is 0 Å². The summed E-state index contributed by atoms with van der Waals surface area (Å²) in [6, 6.07) is 0. The standard InChI is InChI=1S/C4H9NO3.C3H7NO3.ClH/c1-8-4(7)3(6)2-5;4-1-2(5)3(6)7;/h3,6H,2,5H2,1H3;2,5H,1,4H2,(H,6,7);1H/t3-;2-;/m00./s1. The topological polar surface area (TPSA) is 156 Å². The lowest BCUT2D eigenvalue weighted by molar-refractivity contribution is -0.149. The number of hydrogen-bond donors (Lipinski definition) is 5. The highest BCUT2D eigenvalue weighted by Gasteiger charge is 2.11. The van der Waals surface area contributed by atoms with Crippen molar-refractivity contribution in [2.75, 3.05) is 20.2 Å². The van der Waals surface area contributed by atoms with E-state index in [1.54, 1.807) is 0 Å². The zero-order valence-corrected chi connectivity index (χ0v) is 9.51. The van der Waals surface area contributed by atoms with Crippen LogP contribution in [0.5, 0.6) is 0 Å². The molecule has 0 aliphatic carbocycles. The third kappa shape index (κ3) is 11.1. The Kier molecular flexibility index (Phi) is 15.5. The minimum absolute atomic E-state index is 0. The van der Waals surface area contributed by atoms with Crippen LogP contribution in [0, 0.1) is 0 Å². The van der Waals surface area contributed by atoms with E-state index in [1.807, 2.05) is 0 Å². The number of rotatable bonds is 4. The highest BCUT2D eigenvalue weighted by atomic mass is 35.5. The summed E-state index contributed by atoms with van der Waals surface area (Å²) < 4.78 is 4.13. The summed E-state index contributed by atoms with van der Waals surface area (Å²) in [5.41, 5.74) is 9.64. The summed E-state index contributed by atoms with van der Waals surface area (Å²) in [5.74, 6) is -1.96. The van der Waals surface area contributed by atoms with Crippen LogP contribution in [0.4, 0.5) is 0 Å². The van der Waals surface area contributed by atoms with E-state index in [2.05, 4.69) is 4.74 Å². The molecule has 0 rings (SSSR count). The second kappa shape index (κ2) is 12.1. The summed E-state index contributed by atoms with van der Waals surface area (Å²) in [6.07, 6.45) is -2.57. The Balaban J connectivity index is -0.000000200. The van der Waals surface area contributed by atoms with E-state index < -0.39 is 24.1 Å². The molecule has 0 aromatic heterocycles. The van der Waals surface area contributed by atoms with Gasteiger partial charge in [0.05, 0.1) is 7.11 Å². The lowest BCUT2D eigenvalue weighted by Crippen LogP contribution is -2.29. The van der Waals surface area contributed by atoms with E-state index in [0.29, 0.717) is 0 Å². The van der Waals surface area contributed by atoms with Gasteiger partial charge in [-0.25, -0.2) is 9.59 Å². The van der Waals surface area contributed by atoms with E-state index in [4.69, 9.17) is 26.8 Å². The third-order valence-corrected chi connectivity index (χ3v) is 1.20. The Morgan fingerprint density at radius 1 is 1.19 bits per heavy atom. The molecule has 0 amide bonds. The van der Waals surface area contributed by atoms with E-state index in [9.17, 15) is 9.59 Å². The summed E-state index contributed by atoms with van der Waals surface area (Å²) >= 11 is 0. The van der Waals surface area contributed by atoms with Gasteiger partial charge in [0.2, 0.25) is 0 Å². The number of hydrogen-bond acceptors (Lipinski definition) is 7. The van der Waals surface area contributed by atoms with Gasteiger partial charge in [-0.05, 0) is 0 Å². The molecule has 9 heteroatoms. The van der Waals surface area contributed by atoms with E-state index in [-0.39, 0.29) is 25.5 Å². The number of carbonyl (C=O) groups excluding carboxylic acids is 1. The number of carboxylic acid groups (broad SMARTS) is 1. The average molecular weight is 261 g/mol. The van der Waals surface area contributed by atoms with Crippen LogP contribution in [0.2, 0.25) is 0 Å². The van der Waals surface area contributed by atoms with Crippen LogP contribution in [0.15, 0.2) is 0 Å². The summed E-state index contributed by atoms with van der Waals surface area (Å²) in [7, 11) is 1.20. The van der Waals surface area contributed by atoms with Gasteiger partial charge in [-0.3, -0.25) is 0 Å². The normalized spacial score (nSPS) is 12.3. The second-order valence-corrected chi connectivity index (χ2v) is 2.36. The molecule has 0 saturated carbocycles. The molecule has 8 nitrogen and oxygen atoms in total. The molecule has 0 radical (unpaired) electrons. The van der Waals surface area contributed by atoms with E-state index in [0.717, 1.165) is 0 Å². The van der Waals surface area contributed by atoms with Crippen LogP contribution in [-0.2, 0) is 14.3 Å².